The SMILES string of the molecule is CC(C)(C)OC(=O)N1CCC([C@@H](O)c2ccc(F)cc2)CC1. The van der Waals surface area contributed by atoms with Gasteiger partial charge in [-0.15, -0.1) is 0 Å². The van der Waals surface area contributed by atoms with Crippen LogP contribution in [0.3, 0.4) is 0 Å². The topological polar surface area (TPSA) is 49.8 Å². The molecule has 1 aliphatic rings. The first kappa shape index (κ1) is 16.7. The summed E-state index contributed by atoms with van der Waals surface area (Å²) in [7, 11) is 0. The average molecular weight is 309 g/mol. The highest BCUT2D eigenvalue weighted by molar-refractivity contribution is 5.68. The highest BCUT2D eigenvalue weighted by atomic mass is 19.1. The van der Waals surface area contributed by atoms with E-state index in [1.54, 1.807) is 17.0 Å². The molecule has 1 heterocycles. The van der Waals surface area contributed by atoms with Gasteiger partial charge in [-0.3, -0.25) is 0 Å². The minimum Gasteiger partial charge on any atom is -0.444 e. The number of ether oxygens (including phenoxy) is 1. The molecule has 1 atom stereocenters. The predicted octanol–water partition coefficient (Wildman–Crippen LogP) is 3.51. The van der Waals surface area contributed by atoms with E-state index in [0.29, 0.717) is 25.9 Å². The van der Waals surface area contributed by atoms with Gasteiger partial charge in [0.1, 0.15) is 11.4 Å². The fraction of sp³-hybridized carbons (Fsp3) is 0.588. The van der Waals surface area contributed by atoms with Crippen molar-refractivity contribution >= 4 is 6.09 Å². The summed E-state index contributed by atoms with van der Waals surface area (Å²) in [6.45, 7) is 6.66. The van der Waals surface area contributed by atoms with Crippen LogP contribution in [0.2, 0.25) is 0 Å². The number of aliphatic hydroxyl groups excluding tert-OH is 1. The van der Waals surface area contributed by atoms with Gasteiger partial charge in [-0.25, -0.2) is 9.18 Å². The minimum absolute atomic E-state index is 0.0733. The van der Waals surface area contributed by atoms with E-state index >= 15 is 0 Å². The fourth-order valence-corrected chi connectivity index (χ4v) is 2.66. The Labute approximate surface area is 130 Å². The summed E-state index contributed by atoms with van der Waals surface area (Å²) in [5.74, 6) is -0.236. The number of nitrogens with zero attached hydrogens (tertiary/aromatic N) is 1. The van der Waals surface area contributed by atoms with Crippen molar-refractivity contribution in [3.8, 4) is 0 Å². The van der Waals surface area contributed by atoms with Crippen LogP contribution in [0.4, 0.5) is 9.18 Å². The van der Waals surface area contributed by atoms with Crippen LogP contribution in [0, 0.1) is 11.7 Å². The first-order valence-electron chi connectivity index (χ1n) is 7.68. The molecule has 5 heteroatoms. The number of likely N-dealkylation sites (tertiary alicyclic amines) is 1. The second kappa shape index (κ2) is 6.65. The summed E-state index contributed by atoms with van der Waals surface area (Å²) in [6.07, 6.45) is 0.485. The number of aliphatic hydroxyl groups is 1. The smallest absolute Gasteiger partial charge is 0.410 e. The zero-order chi connectivity index (χ0) is 16.3. The zero-order valence-corrected chi connectivity index (χ0v) is 13.4. The van der Waals surface area contributed by atoms with Gasteiger partial charge >= 0.3 is 6.09 Å². The minimum atomic E-state index is -0.624. The monoisotopic (exact) mass is 309 g/mol. The van der Waals surface area contributed by atoms with Crippen molar-refractivity contribution in [2.24, 2.45) is 5.92 Å². The van der Waals surface area contributed by atoms with Crippen molar-refractivity contribution in [1.29, 1.82) is 0 Å². The zero-order valence-electron chi connectivity index (χ0n) is 13.4. The molecule has 0 aliphatic carbocycles. The molecule has 1 amide bonds. The van der Waals surface area contributed by atoms with E-state index in [9.17, 15) is 14.3 Å². The molecule has 4 nitrogen and oxygen atoms in total. The van der Waals surface area contributed by atoms with Gasteiger partial charge in [0.25, 0.3) is 0 Å². The van der Waals surface area contributed by atoms with Gasteiger partial charge in [0, 0.05) is 13.1 Å². The molecule has 0 spiro atoms. The molecule has 0 saturated carbocycles. The van der Waals surface area contributed by atoms with E-state index in [-0.39, 0.29) is 17.8 Å². The van der Waals surface area contributed by atoms with Crippen LogP contribution < -0.4 is 0 Å². The van der Waals surface area contributed by atoms with Gasteiger partial charge in [-0.1, -0.05) is 12.1 Å². The van der Waals surface area contributed by atoms with Crippen molar-refractivity contribution < 1.29 is 19.0 Å². The van der Waals surface area contributed by atoms with Crippen LogP contribution in [0.25, 0.3) is 0 Å². The van der Waals surface area contributed by atoms with Crippen molar-refractivity contribution in [2.45, 2.75) is 45.3 Å². The first-order chi connectivity index (χ1) is 10.3. The molecule has 1 aromatic carbocycles. The third kappa shape index (κ3) is 4.44. The normalized spacial score (nSPS) is 18.1. The summed E-state index contributed by atoms with van der Waals surface area (Å²) >= 11 is 0. The number of carbonyl (C=O) groups excluding carboxylic acids is 1. The average Bonchev–Trinajstić information content (AvgIpc) is 2.46. The van der Waals surface area contributed by atoms with Crippen LogP contribution >= 0.6 is 0 Å². The third-order valence-corrected chi connectivity index (χ3v) is 3.85. The lowest BCUT2D eigenvalue weighted by atomic mass is 9.87. The number of rotatable bonds is 2. The van der Waals surface area contributed by atoms with Gasteiger partial charge < -0.3 is 14.7 Å². The lowest BCUT2D eigenvalue weighted by Gasteiger charge is -2.35. The second-order valence-corrected chi connectivity index (χ2v) is 6.80. The van der Waals surface area contributed by atoms with E-state index < -0.39 is 11.7 Å². The molecule has 1 fully saturated rings. The molecule has 0 unspecified atom stereocenters. The molecule has 122 valence electrons. The number of amides is 1. The maximum absolute atomic E-state index is 12.9. The molecule has 1 aliphatic heterocycles. The molecular weight excluding hydrogens is 285 g/mol. The maximum Gasteiger partial charge on any atom is 0.410 e. The Bertz CT molecular complexity index is 502. The highest BCUT2D eigenvalue weighted by Gasteiger charge is 2.30. The summed E-state index contributed by atoms with van der Waals surface area (Å²) < 4.78 is 18.3. The molecule has 2 rings (SSSR count). The lowest BCUT2D eigenvalue weighted by Crippen LogP contribution is -2.42. The molecular formula is C17H24FNO3. The fourth-order valence-electron chi connectivity index (χ4n) is 2.66. The number of hydrogen-bond acceptors (Lipinski definition) is 3. The Morgan fingerprint density at radius 2 is 1.82 bits per heavy atom. The Balaban J connectivity index is 1.89. The summed E-state index contributed by atoms with van der Waals surface area (Å²) in [4.78, 5) is 13.7. The summed E-state index contributed by atoms with van der Waals surface area (Å²) in [6, 6.07) is 5.93. The van der Waals surface area contributed by atoms with E-state index in [4.69, 9.17) is 4.74 Å². The van der Waals surface area contributed by atoms with Crippen LogP contribution in [-0.2, 0) is 4.74 Å². The van der Waals surface area contributed by atoms with E-state index in [1.165, 1.54) is 12.1 Å². The largest absolute Gasteiger partial charge is 0.444 e. The standard InChI is InChI=1S/C17H24FNO3/c1-17(2,3)22-16(21)19-10-8-13(9-11-19)15(20)12-4-6-14(18)7-5-12/h4-7,13,15,20H,8-11H2,1-3H3/t15-/m0/s1. The van der Waals surface area contributed by atoms with E-state index in [2.05, 4.69) is 0 Å². The summed E-state index contributed by atoms with van der Waals surface area (Å²) in [5, 5.41) is 10.4. The van der Waals surface area contributed by atoms with Crippen molar-refractivity contribution in [2.75, 3.05) is 13.1 Å². The van der Waals surface area contributed by atoms with Crippen molar-refractivity contribution in [3.63, 3.8) is 0 Å². The van der Waals surface area contributed by atoms with Gasteiger partial charge in [0.2, 0.25) is 0 Å². The van der Waals surface area contributed by atoms with Gasteiger partial charge in [-0.2, -0.15) is 0 Å². The lowest BCUT2D eigenvalue weighted by molar-refractivity contribution is 0.00766. The van der Waals surface area contributed by atoms with Gasteiger partial charge in [-0.05, 0) is 57.2 Å². The Morgan fingerprint density at radius 3 is 2.32 bits per heavy atom. The number of hydrogen-bond donors (Lipinski definition) is 1. The van der Waals surface area contributed by atoms with E-state index in [0.717, 1.165) is 5.56 Å². The molecule has 0 aromatic heterocycles. The van der Waals surface area contributed by atoms with Crippen LogP contribution in [-0.4, -0.2) is 34.8 Å². The number of carbonyl (C=O) groups is 1. The molecule has 22 heavy (non-hydrogen) atoms. The summed E-state index contributed by atoms with van der Waals surface area (Å²) in [5.41, 5.74) is 0.221. The number of halogens is 1. The Hall–Kier alpha value is -1.62. The number of benzene rings is 1. The first-order valence-corrected chi connectivity index (χ1v) is 7.68. The molecule has 1 saturated heterocycles. The van der Waals surface area contributed by atoms with Gasteiger partial charge in [0.05, 0.1) is 6.10 Å². The number of piperidine rings is 1. The second-order valence-electron chi connectivity index (χ2n) is 6.80. The molecule has 1 aromatic rings. The van der Waals surface area contributed by atoms with E-state index in [1.807, 2.05) is 20.8 Å². The van der Waals surface area contributed by atoms with Gasteiger partial charge in [0.15, 0.2) is 0 Å². The van der Waals surface area contributed by atoms with Crippen molar-refractivity contribution in [1.82, 2.24) is 4.90 Å². The molecule has 0 radical (unpaired) electrons. The maximum atomic E-state index is 12.9. The van der Waals surface area contributed by atoms with Crippen LogP contribution in [0.5, 0.6) is 0 Å². The Kier molecular flexibility index (Phi) is 5.06. The molecule has 1 N–H and O–H groups in total. The quantitative estimate of drug-likeness (QED) is 0.909. The van der Waals surface area contributed by atoms with Crippen molar-refractivity contribution in [3.05, 3.63) is 35.6 Å². The van der Waals surface area contributed by atoms with Crippen LogP contribution in [0.1, 0.15) is 45.3 Å². The third-order valence-electron chi connectivity index (χ3n) is 3.85. The predicted molar refractivity (Wildman–Crippen MR) is 81.9 cm³/mol. The highest BCUT2D eigenvalue weighted by Crippen LogP contribution is 2.31. The van der Waals surface area contributed by atoms with Crippen LogP contribution in [0.15, 0.2) is 24.3 Å². The molecule has 0 bridgehead atoms. The Morgan fingerprint density at radius 1 is 1.27 bits per heavy atom.